The van der Waals surface area contributed by atoms with Crippen LogP contribution in [0, 0.1) is 11.8 Å². The van der Waals surface area contributed by atoms with Crippen LogP contribution in [0.25, 0.3) is 0 Å². The summed E-state index contributed by atoms with van der Waals surface area (Å²) in [5.74, 6) is 5.91. The number of nitrogens with zero attached hydrogens (tertiary/aromatic N) is 2. The van der Waals surface area contributed by atoms with Crippen molar-refractivity contribution < 1.29 is 0 Å². The first-order chi connectivity index (χ1) is 7.86. The van der Waals surface area contributed by atoms with E-state index < -0.39 is 0 Å². The van der Waals surface area contributed by atoms with Crippen molar-refractivity contribution in [3.63, 3.8) is 0 Å². The predicted molar refractivity (Wildman–Crippen MR) is 61.8 cm³/mol. The lowest BCUT2D eigenvalue weighted by atomic mass is 10.2. The molecule has 3 nitrogen and oxygen atoms in total. The third-order valence-electron chi connectivity index (χ3n) is 2.04. The third-order valence-corrected chi connectivity index (χ3v) is 2.04. The number of benzene rings is 1. The van der Waals surface area contributed by atoms with Crippen molar-refractivity contribution >= 4 is 0 Å². The van der Waals surface area contributed by atoms with Gasteiger partial charge in [0, 0.05) is 18.0 Å². The minimum atomic E-state index is -0.273. The van der Waals surface area contributed by atoms with E-state index in [1.165, 1.54) is 10.8 Å². The lowest BCUT2D eigenvalue weighted by Crippen LogP contribution is -2.20. The molecule has 0 amide bonds. The Morgan fingerprint density at radius 1 is 1.19 bits per heavy atom. The zero-order valence-corrected chi connectivity index (χ0v) is 8.63. The summed E-state index contributed by atoms with van der Waals surface area (Å²) in [4.78, 5) is 14.9. The van der Waals surface area contributed by atoms with Crippen LogP contribution < -0.4 is 5.69 Å². The van der Waals surface area contributed by atoms with Gasteiger partial charge >= 0.3 is 5.69 Å². The number of hydrogen-bond acceptors (Lipinski definition) is 2. The average molecular weight is 210 g/mol. The smallest absolute Gasteiger partial charge is 0.288 e. The van der Waals surface area contributed by atoms with E-state index in [1.807, 2.05) is 30.3 Å². The molecule has 0 bridgehead atoms. The summed E-state index contributed by atoms with van der Waals surface area (Å²) in [5, 5.41) is 0. The molecule has 2 rings (SSSR count). The summed E-state index contributed by atoms with van der Waals surface area (Å²) < 4.78 is 1.47. The molecule has 0 aliphatic rings. The Kier molecular flexibility index (Phi) is 3.15. The molecular formula is C13H10N2O. The molecule has 0 atom stereocenters. The lowest BCUT2D eigenvalue weighted by molar-refractivity contribution is 0.757. The number of rotatable bonds is 1. The van der Waals surface area contributed by atoms with E-state index in [9.17, 15) is 4.79 Å². The Morgan fingerprint density at radius 2 is 2.00 bits per heavy atom. The maximum Gasteiger partial charge on any atom is 0.348 e. The standard InChI is InChI=1S/C13H10N2O/c16-13-14-9-5-11-15(13)10-4-8-12-6-2-1-3-7-12/h1-3,5-7,9,11H,10H2. The lowest BCUT2D eigenvalue weighted by Gasteiger charge is -1.95. The molecule has 0 spiro atoms. The Morgan fingerprint density at radius 3 is 2.75 bits per heavy atom. The third kappa shape index (κ3) is 2.58. The Hall–Kier alpha value is -2.34. The Labute approximate surface area is 93.4 Å². The zero-order chi connectivity index (χ0) is 11.2. The van der Waals surface area contributed by atoms with Gasteiger partial charge in [-0.25, -0.2) is 9.78 Å². The first-order valence-electron chi connectivity index (χ1n) is 4.91. The van der Waals surface area contributed by atoms with Crippen molar-refractivity contribution in [3.8, 4) is 11.8 Å². The zero-order valence-electron chi connectivity index (χ0n) is 8.63. The van der Waals surface area contributed by atoms with Crippen LogP contribution in [0.15, 0.2) is 53.6 Å². The van der Waals surface area contributed by atoms with Crippen molar-refractivity contribution in [1.82, 2.24) is 9.55 Å². The van der Waals surface area contributed by atoms with E-state index in [1.54, 1.807) is 12.3 Å². The second-order valence-electron chi connectivity index (χ2n) is 3.20. The van der Waals surface area contributed by atoms with E-state index in [0.29, 0.717) is 6.54 Å². The minimum Gasteiger partial charge on any atom is -0.288 e. The van der Waals surface area contributed by atoms with Gasteiger partial charge in [-0.2, -0.15) is 0 Å². The van der Waals surface area contributed by atoms with Crippen LogP contribution in [0.3, 0.4) is 0 Å². The summed E-state index contributed by atoms with van der Waals surface area (Å²) >= 11 is 0. The number of hydrogen-bond donors (Lipinski definition) is 0. The van der Waals surface area contributed by atoms with E-state index in [4.69, 9.17) is 0 Å². The van der Waals surface area contributed by atoms with Crippen LogP contribution in [0.5, 0.6) is 0 Å². The van der Waals surface area contributed by atoms with Crippen LogP contribution in [-0.2, 0) is 6.54 Å². The SMILES string of the molecule is O=c1ncccn1CC#Cc1ccccc1. The van der Waals surface area contributed by atoms with Crippen LogP contribution >= 0.6 is 0 Å². The first-order valence-corrected chi connectivity index (χ1v) is 4.91. The summed E-state index contributed by atoms with van der Waals surface area (Å²) in [6, 6.07) is 11.4. The van der Waals surface area contributed by atoms with Gasteiger partial charge in [0.25, 0.3) is 0 Å². The van der Waals surface area contributed by atoms with Crippen LogP contribution in [0.4, 0.5) is 0 Å². The summed E-state index contributed by atoms with van der Waals surface area (Å²) in [7, 11) is 0. The molecule has 0 N–H and O–H groups in total. The van der Waals surface area contributed by atoms with E-state index in [-0.39, 0.29) is 5.69 Å². The van der Waals surface area contributed by atoms with Crippen LogP contribution in [-0.4, -0.2) is 9.55 Å². The van der Waals surface area contributed by atoms with E-state index in [0.717, 1.165) is 5.56 Å². The normalized spacial score (nSPS) is 9.25. The number of aromatic nitrogens is 2. The van der Waals surface area contributed by atoms with Gasteiger partial charge in [0.2, 0.25) is 0 Å². The molecule has 1 aromatic carbocycles. The molecule has 0 unspecified atom stereocenters. The maximum atomic E-state index is 11.2. The molecule has 3 heteroatoms. The van der Waals surface area contributed by atoms with Gasteiger partial charge in [-0.05, 0) is 18.2 Å². The maximum absolute atomic E-state index is 11.2. The molecule has 0 aliphatic heterocycles. The van der Waals surface area contributed by atoms with Gasteiger partial charge in [0.05, 0.1) is 6.54 Å². The van der Waals surface area contributed by atoms with E-state index in [2.05, 4.69) is 16.8 Å². The highest BCUT2D eigenvalue weighted by Gasteiger charge is 1.90. The van der Waals surface area contributed by atoms with Crippen LogP contribution in [0.2, 0.25) is 0 Å². The molecular weight excluding hydrogens is 200 g/mol. The quantitative estimate of drug-likeness (QED) is 0.665. The van der Waals surface area contributed by atoms with Crippen molar-refractivity contribution in [1.29, 1.82) is 0 Å². The highest BCUT2D eigenvalue weighted by atomic mass is 16.1. The molecule has 0 radical (unpaired) electrons. The predicted octanol–water partition coefficient (Wildman–Crippen LogP) is 1.30. The Bertz CT molecular complexity index is 576. The first kappa shape index (κ1) is 10.2. The summed E-state index contributed by atoms with van der Waals surface area (Å²) in [5.41, 5.74) is 0.671. The van der Waals surface area contributed by atoms with Crippen molar-refractivity contribution in [2.45, 2.75) is 6.54 Å². The largest absolute Gasteiger partial charge is 0.348 e. The highest BCUT2D eigenvalue weighted by molar-refractivity contribution is 5.33. The van der Waals surface area contributed by atoms with Gasteiger partial charge < -0.3 is 0 Å². The molecule has 0 aliphatic carbocycles. The van der Waals surface area contributed by atoms with Gasteiger partial charge in [0.15, 0.2) is 0 Å². The summed E-state index contributed by atoms with van der Waals surface area (Å²) in [6.45, 7) is 0.363. The molecule has 0 saturated heterocycles. The monoisotopic (exact) mass is 210 g/mol. The molecule has 1 heterocycles. The fourth-order valence-electron chi connectivity index (χ4n) is 1.26. The van der Waals surface area contributed by atoms with E-state index >= 15 is 0 Å². The van der Waals surface area contributed by atoms with Crippen molar-refractivity contribution in [2.24, 2.45) is 0 Å². The molecule has 16 heavy (non-hydrogen) atoms. The second-order valence-corrected chi connectivity index (χ2v) is 3.20. The molecule has 1 aromatic heterocycles. The van der Waals surface area contributed by atoms with Gasteiger partial charge in [-0.1, -0.05) is 30.0 Å². The fourth-order valence-corrected chi connectivity index (χ4v) is 1.26. The topological polar surface area (TPSA) is 34.9 Å². The van der Waals surface area contributed by atoms with Crippen LogP contribution in [0.1, 0.15) is 5.56 Å². The van der Waals surface area contributed by atoms with Gasteiger partial charge in [0.1, 0.15) is 0 Å². The second kappa shape index (κ2) is 4.94. The highest BCUT2D eigenvalue weighted by Crippen LogP contribution is 1.94. The average Bonchev–Trinajstić information content (AvgIpc) is 2.33. The van der Waals surface area contributed by atoms with Gasteiger partial charge in [-0.15, -0.1) is 0 Å². The van der Waals surface area contributed by atoms with Crippen molar-refractivity contribution in [2.75, 3.05) is 0 Å². The molecule has 2 aromatic rings. The van der Waals surface area contributed by atoms with Gasteiger partial charge in [-0.3, -0.25) is 4.57 Å². The summed E-state index contributed by atoms with van der Waals surface area (Å²) in [6.07, 6.45) is 3.15. The Balaban J connectivity index is 2.12. The molecule has 0 saturated carbocycles. The molecule has 78 valence electrons. The fraction of sp³-hybridized carbons (Fsp3) is 0.0769. The van der Waals surface area contributed by atoms with Crippen molar-refractivity contribution in [3.05, 3.63) is 64.8 Å². The molecule has 0 fully saturated rings. The minimum absolute atomic E-state index is 0.273.